The highest BCUT2D eigenvalue weighted by molar-refractivity contribution is 5.95. The Kier molecular flexibility index (Phi) is 5.51. The molecule has 2 saturated heterocycles. The van der Waals surface area contributed by atoms with E-state index in [2.05, 4.69) is 10.6 Å². The Balaban J connectivity index is 1.42. The molecule has 0 spiro atoms. The summed E-state index contributed by atoms with van der Waals surface area (Å²) in [4.78, 5) is 27.5. The Morgan fingerprint density at radius 1 is 1.00 bits per heavy atom. The van der Waals surface area contributed by atoms with E-state index in [0.717, 1.165) is 37.7 Å². The molecule has 2 aliphatic rings. The molecule has 2 fully saturated rings. The van der Waals surface area contributed by atoms with Crippen molar-refractivity contribution >= 4 is 17.6 Å². The van der Waals surface area contributed by atoms with Crippen molar-refractivity contribution in [3.8, 4) is 0 Å². The van der Waals surface area contributed by atoms with E-state index in [4.69, 9.17) is 0 Å². The average Bonchev–Trinajstić information content (AvgIpc) is 2.69. The van der Waals surface area contributed by atoms with Crippen LogP contribution >= 0.6 is 0 Å². The number of hydrogen-bond acceptors (Lipinski definition) is 2. The SMILES string of the molecule is Cc1ccccc1C(=O)NC1C[C@H]2CCC[C@@H](C1)N2C(=O)Nc1ccc(F)cc1. The molecule has 2 aliphatic heterocycles. The number of amides is 3. The number of hydrogen-bond donors (Lipinski definition) is 2. The predicted molar refractivity (Wildman–Crippen MR) is 110 cm³/mol. The minimum atomic E-state index is -0.329. The van der Waals surface area contributed by atoms with Crippen LogP contribution in [0.4, 0.5) is 14.9 Å². The molecule has 3 atom stereocenters. The molecule has 5 nitrogen and oxygen atoms in total. The van der Waals surface area contributed by atoms with Gasteiger partial charge in [-0.25, -0.2) is 9.18 Å². The first kappa shape index (κ1) is 19.4. The molecule has 0 radical (unpaired) electrons. The van der Waals surface area contributed by atoms with Crippen LogP contribution in [0, 0.1) is 12.7 Å². The summed E-state index contributed by atoms with van der Waals surface area (Å²) >= 11 is 0. The summed E-state index contributed by atoms with van der Waals surface area (Å²) in [5.74, 6) is -0.375. The highest BCUT2D eigenvalue weighted by Gasteiger charge is 2.41. The maximum absolute atomic E-state index is 13.1. The van der Waals surface area contributed by atoms with E-state index in [1.54, 1.807) is 12.1 Å². The lowest BCUT2D eigenvalue weighted by Gasteiger charge is -2.48. The number of halogens is 1. The van der Waals surface area contributed by atoms with E-state index in [-0.39, 0.29) is 35.9 Å². The summed E-state index contributed by atoms with van der Waals surface area (Å²) in [6.07, 6.45) is 4.47. The van der Waals surface area contributed by atoms with Gasteiger partial charge in [-0.05, 0) is 74.9 Å². The molecule has 152 valence electrons. The number of aryl methyl sites for hydroxylation is 1. The lowest BCUT2D eigenvalue weighted by atomic mass is 9.82. The molecule has 0 aliphatic carbocycles. The van der Waals surface area contributed by atoms with Crippen molar-refractivity contribution in [2.24, 2.45) is 0 Å². The number of rotatable bonds is 3. The van der Waals surface area contributed by atoms with E-state index in [1.807, 2.05) is 36.1 Å². The third kappa shape index (κ3) is 4.26. The first-order valence-electron chi connectivity index (χ1n) is 10.2. The van der Waals surface area contributed by atoms with Crippen LogP contribution in [0.1, 0.15) is 48.0 Å². The predicted octanol–water partition coefficient (Wildman–Crippen LogP) is 4.48. The number of fused-ring (bicyclic) bond motifs is 2. The monoisotopic (exact) mass is 395 g/mol. The summed E-state index contributed by atoms with van der Waals surface area (Å²) in [7, 11) is 0. The van der Waals surface area contributed by atoms with Crippen molar-refractivity contribution in [3.05, 3.63) is 65.5 Å². The van der Waals surface area contributed by atoms with Gasteiger partial charge in [0.2, 0.25) is 0 Å². The fourth-order valence-electron chi connectivity index (χ4n) is 4.64. The van der Waals surface area contributed by atoms with Gasteiger partial charge in [0, 0.05) is 29.4 Å². The van der Waals surface area contributed by atoms with Gasteiger partial charge in [0.25, 0.3) is 5.91 Å². The zero-order valence-corrected chi connectivity index (χ0v) is 16.5. The van der Waals surface area contributed by atoms with Gasteiger partial charge in [-0.15, -0.1) is 0 Å². The van der Waals surface area contributed by atoms with Crippen LogP contribution in [0.15, 0.2) is 48.5 Å². The van der Waals surface area contributed by atoms with Crippen molar-refractivity contribution in [3.63, 3.8) is 0 Å². The molecule has 2 aromatic carbocycles. The molecule has 3 amide bonds. The van der Waals surface area contributed by atoms with Crippen LogP contribution < -0.4 is 10.6 Å². The number of nitrogens with zero attached hydrogens (tertiary/aromatic N) is 1. The van der Waals surface area contributed by atoms with E-state index in [0.29, 0.717) is 11.3 Å². The molecular formula is C23H26FN3O2. The Bertz CT molecular complexity index is 885. The molecule has 4 rings (SSSR count). The Morgan fingerprint density at radius 3 is 2.31 bits per heavy atom. The van der Waals surface area contributed by atoms with Crippen LogP contribution in [0.3, 0.4) is 0 Å². The van der Waals surface area contributed by atoms with Gasteiger partial charge in [0.1, 0.15) is 5.82 Å². The number of benzene rings is 2. The fraction of sp³-hybridized carbons (Fsp3) is 0.391. The molecule has 2 bridgehead atoms. The first-order chi connectivity index (χ1) is 14.0. The second-order valence-electron chi connectivity index (χ2n) is 8.04. The summed E-state index contributed by atoms with van der Waals surface area (Å²) in [6.45, 7) is 1.94. The van der Waals surface area contributed by atoms with Crippen molar-refractivity contribution < 1.29 is 14.0 Å². The van der Waals surface area contributed by atoms with Gasteiger partial charge in [-0.2, -0.15) is 0 Å². The summed E-state index contributed by atoms with van der Waals surface area (Å²) in [5, 5.41) is 6.07. The van der Waals surface area contributed by atoms with Crippen molar-refractivity contribution in [2.45, 2.75) is 57.2 Å². The van der Waals surface area contributed by atoms with Gasteiger partial charge >= 0.3 is 6.03 Å². The molecule has 0 aromatic heterocycles. The third-order valence-corrected chi connectivity index (χ3v) is 6.03. The van der Waals surface area contributed by atoms with E-state index < -0.39 is 0 Å². The van der Waals surface area contributed by atoms with Crippen molar-refractivity contribution in [1.82, 2.24) is 10.2 Å². The van der Waals surface area contributed by atoms with Crippen LogP contribution in [0.25, 0.3) is 0 Å². The molecular weight excluding hydrogens is 369 g/mol. The minimum Gasteiger partial charge on any atom is -0.349 e. The lowest BCUT2D eigenvalue weighted by Crippen LogP contribution is -2.59. The highest BCUT2D eigenvalue weighted by Crippen LogP contribution is 2.34. The Hall–Kier alpha value is -2.89. The maximum Gasteiger partial charge on any atom is 0.322 e. The number of urea groups is 1. The summed E-state index contributed by atoms with van der Waals surface area (Å²) in [5.41, 5.74) is 2.25. The van der Waals surface area contributed by atoms with Crippen LogP contribution in [-0.4, -0.2) is 35.0 Å². The molecule has 2 aromatic rings. The van der Waals surface area contributed by atoms with Gasteiger partial charge in [0.05, 0.1) is 0 Å². The molecule has 6 heteroatoms. The molecule has 2 N–H and O–H groups in total. The third-order valence-electron chi connectivity index (χ3n) is 6.03. The van der Waals surface area contributed by atoms with Gasteiger partial charge < -0.3 is 15.5 Å². The minimum absolute atomic E-state index is 0.0459. The summed E-state index contributed by atoms with van der Waals surface area (Å²) in [6, 6.07) is 13.5. The Morgan fingerprint density at radius 2 is 1.66 bits per heavy atom. The number of nitrogens with one attached hydrogen (secondary N) is 2. The second-order valence-corrected chi connectivity index (χ2v) is 8.04. The van der Waals surface area contributed by atoms with Crippen LogP contribution in [-0.2, 0) is 0 Å². The quantitative estimate of drug-likeness (QED) is 0.805. The molecule has 0 saturated carbocycles. The molecule has 2 heterocycles. The number of carbonyl (C=O) groups is 2. The van der Waals surface area contributed by atoms with E-state index >= 15 is 0 Å². The normalized spacial score (nSPS) is 23.4. The van der Waals surface area contributed by atoms with Gasteiger partial charge in [-0.1, -0.05) is 18.2 Å². The summed E-state index contributed by atoms with van der Waals surface area (Å²) < 4.78 is 13.1. The number of piperidine rings is 2. The van der Waals surface area contributed by atoms with Gasteiger partial charge in [-0.3, -0.25) is 4.79 Å². The zero-order valence-electron chi connectivity index (χ0n) is 16.5. The first-order valence-corrected chi connectivity index (χ1v) is 10.2. The van der Waals surface area contributed by atoms with E-state index in [9.17, 15) is 14.0 Å². The smallest absolute Gasteiger partial charge is 0.322 e. The molecule has 29 heavy (non-hydrogen) atoms. The Labute approximate surface area is 170 Å². The highest BCUT2D eigenvalue weighted by atomic mass is 19.1. The largest absolute Gasteiger partial charge is 0.349 e. The van der Waals surface area contributed by atoms with Crippen LogP contribution in [0.2, 0.25) is 0 Å². The van der Waals surface area contributed by atoms with Crippen molar-refractivity contribution in [1.29, 1.82) is 0 Å². The molecule has 1 unspecified atom stereocenters. The number of carbonyl (C=O) groups excluding carboxylic acids is 2. The fourth-order valence-corrected chi connectivity index (χ4v) is 4.64. The topological polar surface area (TPSA) is 61.4 Å². The zero-order chi connectivity index (χ0) is 20.4. The number of anilines is 1. The second kappa shape index (κ2) is 8.23. The van der Waals surface area contributed by atoms with E-state index in [1.165, 1.54) is 12.1 Å². The average molecular weight is 395 g/mol. The maximum atomic E-state index is 13.1. The van der Waals surface area contributed by atoms with Gasteiger partial charge in [0.15, 0.2) is 0 Å². The van der Waals surface area contributed by atoms with Crippen molar-refractivity contribution in [2.75, 3.05) is 5.32 Å². The standard InChI is InChI=1S/C23H26FN3O2/c1-15-5-2-3-8-21(15)22(28)25-18-13-19-6-4-7-20(14-18)27(19)23(29)26-17-11-9-16(24)10-12-17/h2-3,5,8-12,18-20H,4,6-7,13-14H2,1H3,(H,25,28)(H,26,29)/t18?,19-,20+. The lowest BCUT2D eigenvalue weighted by molar-refractivity contribution is 0.0577. The van der Waals surface area contributed by atoms with Crippen LogP contribution in [0.5, 0.6) is 0 Å².